The summed E-state index contributed by atoms with van der Waals surface area (Å²) in [7, 11) is 4.72. The molecule has 1 aliphatic heterocycles. The lowest BCUT2D eigenvalue weighted by molar-refractivity contribution is 0.102. The number of H-pyrrole nitrogens is 1. The first-order valence-electron chi connectivity index (χ1n) is 10.6. The molecule has 2 N–H and O–H groups in total. The Bertz CT molecular complexity index is 1120. The summed E-state index contributed by atoms with van der Waals surface area (Å²) in [6, 6.07) is 9.60. The largest absolute Gasteiger partial charge is 0.496 e. The number of amides is 1. The van der Waals surface area contributed by atoms with E-state index in [1.54, 1.807) is 33.5 Å². The van der Waals surface area contributed by atoms with Gasteiger partial charge in [0.2, 0.25) is 0 Å². The second-order valence-corrected chi connectivity index (χ2v) is 8.94. The van der Waals surface area contributed by atoms with E-state index in [0.717, 1.165) is 36.3 Å². The highest BCUT2D eigenvalue weighted by Crippen LogP contribution is 2.41. The average Bonchev–Trinajstić information content (AvgIpc) is 3.26. The predicted molar refractivity (Wildman–Crippen MR) is 130 cm³/mol. The van der Waals surface area contributed by atoms with Crippen LogP contribution in [0.25, 0.3) is 10.9 Å². The van der Waals surface area contributed by atoms with Crippen molar-refractivity contribution < 1.29 is 19.0 Å². The summed E-state index contributed by atoms with van der Waals surface area (Å²) in [4.78, 5) is 18.8. The standard InChI is InChI=1S/C24H29N3O4S/c1-15-16(14-27-8-10-32-11-9-27)6-5-7-18(15)26-24(28)19-12-17-20(29-2)13-21(30-3)23(31-4)22(17)25-19/h5-7,12-13,25H,8-11,14H2,1-4H3,(H,26,28). The minimum Gasteiger partial charge on any atom is -0.496 e. The Morgan fingerprint density at radius 3 is 2.53 bits per heavy atom. The maximum absolute atomic E-state index is 13.1. The van der Waals surface area contributed by atoms with Crippen LogP contribution < -0.4 is 19.5 Å². The fraction of sp³-hybridized carbons (Fsp3) is 0.375. The zero-order valence-electron chi connectivity index (χ0n) is 18.9. The Balaban J connectivity index is 1.61. The summed E-state index contributed by atoms with van der Waals surface area (Å²) in [5.41, 5.74) is 4.21. The molecule has 0 spiro atoms. The highest BCUT2D eigenvalue weighted by atomic mass is 32.2. The molecule has 1 aromatic heterocycles. The van der Waals surface area contributed by atoms with Gasteiger partial charge in [-0.15, -0.1) is 0 Å². The molecule has 3 aromatic rings. The number of carbonyl (C=O) groups is 1. The Kier molecular flexibility index (Phi) is 6.81. The van der Waals surface area contributed by atoms with Gasteiger partial charge in [-0.25, -0.2) is 0 Å². The van der Waals surface area contributed by atoms with Crippen LogP contribution in [-0.4, -0.2) is 61.7 Å². The first-order valence-corrected chi connectivity index (χ1v) is 11.7. The van der Waals surface area contributed by atoms with Gasteiger partial charge in [0.15, 0.2) is 11.5 Å². The number of nitrogens with zero attached hydrogens (tertiary/aromatic N) is 1. The number of rotatable bonds is 7. The lowest BCUT2D eigenvalue weighted by Gasteiger charge is -2.27. The van der Waals surface area contributed by atoms with Gasteiger partial charge in [0, 0.05) is 48.3 Å². The minimum atomic E-state index is -0.223. The lowest BCUT2D eigenvalue weighted by Crippen LogP contribution is -2.32. The van der Waals surface area contributed by atoms with Gasteiger partial charge in [0.25, 0.3) is 5.91 Å². The second kappa shape index (κ2) is 9.75. The number of ether oxygens (including phenoxy) is 3. The number of benzene rings is 2. The van der Waals surface area contributed by atoms with Crippen LogP contribution in [0.3, 0.4) is 0 Å². The Morgan fingerprint density at radius 2 is 1.84 bits per heavy atom. The van der Waals surface area contributed by atoms with Gasteiger partial charge >= 0.3 is 0 Å². The van der Waals surface area contributed by atoms with E-state index in [9.17, 15) is 4.79 Å². The molecule has 2 aromatic carbocycles. The van der Waals surface area contributed by atoms with Crippen molar-refractivity contribution in [2.45, 2.75) is 13.5 Å². The van der Waals surface area contributed by atoms with Crippen LogP contribution in [0, 0.1) is 6.92 Å². The fourth-order valence-corrected chi connectivity index (χ4v) is 5.02. The van der Waals surface area contributed by atoms with Crippen LogP contribution in [0.4, 0.5) is 5.69 Å². The van der Waals surface area contributed by atoms with Crippen molar-refractivity contribution in [2.24, 2.45) is 0 Å². The number of nitrogens with one attached hydrogen (secondary N) is 2. The third-order valence-electron chi connectivity index (χ3n) is 5.88. The Hall–Kier alpha value is -2.84. The molecule has 7 nitrogen and oxygen atoms in total. The molecular weight excluding hydrogens is 426 g/mol. The maximum Gasteiger partial charge on any atom is 0.272 e. The summed E-state index contributed by atoms with van der Waals surface area (Å²) >= 11 is 2.00. The third-order valence-corrected chi connectivity index (χ3v) is 6.82. The number of fused-ring (bicyclic) bond motifs is 1. The molecule has 0 unspecified atom stereocenters. The highest BCUT2D eigenvalue weighted by molar-refractivity contribution is 7.99. The number of aromatic nitrogens is 1. The molecule has 1 aliphatic rings. The lowest BCUT2D eigenvalue weighted by atomic mass is 10.1. The predicted octanol–water partition coefficient (Wildman–Crippen LogP) is 4.30. The summed E-state index contributed by atoms with van der Waals surface area (Å²) in [6.07, 6.45) is 0. The monoisotopic (exact) mass is 455 g/mol. The number of methoxy groups -OCH3 is 3. The van der Waals surface area contributed by atoms with Crippen molar-refractivity contribution in [2.75, 3.05) is 51.2 Å². The van der Waals surface area contributed by atoms with E-state index in [0.29, 0.717) is 28.5 Å². The number of hydrogen-bond acceptors (Lipinski definition) is 6. The van der Waals surface area contributed by atoms with E-state index < -0.39 is 0 Å². The number of thioether (sulfide) groups is 1. The van der Waals surface area contributed by atoms with E-state index in [-0.39, 0.29) is 5.91 Å². The van der Waals surface area contributed by atoms with Gasteiger partial charge in [0.05, 0.1) is 26.8 Å². The molecule has 2 heterocycles. The molecule has 1 fully saturated rings. The van der Waals surface area contributed by atoms with E-state index >= 15 is 0 Å². The molecule has 1 amide bonds. The molecular formula is C24H29N3O4S. The first-order chi connectivity index (χ1) is 15.5. The van der Waals surface area contributed by atoms with Crippen molar-refractivity contribution in [3.63, 3.8) is 0 Å². The SMILES string of the molecule is COc1cc(OC)c2cc(C(=O)Nc3cccc(CN4CCSCC4)c3C)[nH]c2c1OC. The van der Waals surface area contributed by atoms with Crippen LogP contribution in [0.5, 0.6) is 17.2 Å². The van der Waals surface area contributed by atoms with Crippen LogP contribution in [0.2, 0.25) is 0 Å². The van der Waals surface area contributed by atoms with Crippen molar-refractivity contribution in [3.8, 4) is 17.2 Å². The second-order valence-electron chi connectivity index (χ2n) is 7.72. The van der Waals surface area contributed by atoms with Crippen molar-refractivity contribution in [1.82, 2.24) is 9.88 Å². The number of hydrogen-bond donors (Lipinski definition) is 2. The normalized spacial score (nSPS) is 14.4. The molecule has 0 aliphatic carbocycles. The number of carbonyl (C=O) groups excluding carboxylic acids is 1. The molecule has 32 heavy (non-hydrogen) atoms. The molecule has 0 radical (unpaired) electrons. The maximum atomic E-state index is 13.1. The van der Waals surface area contributed by atoms with Crippen molar-refractivity contribution in [3.05, 3.63) is 47.2 Å². The molecule has 0 atom stereocenters. The molecule has 170 valence electrons. The summed E-state index contributed by atoms with van der Waals surface area (Å²) in [5, 5.41) is 3.82. The van der Waals surface area contributed by atoms with Gasteiger partial charge in [-0.05, 0) is 30.2 Å². The minimum absolute atomic E-state index is 0.223. The van der Waals surface area contributed by atoms with Gasteiger partial charge in [-0.3, -0.25) is 9.69 Å². The smallest absolute Gasteiger partial charge is 0.272 e. The molecule has 0 saturated carbocycles. The van der Waals surface area contributed by atoms with Gasteiger partial charge in [-0.2, -0.15) is 11.8 Å². The van der Waals surface area contributed by atoms with Gasteiger partial charge < -0.3 is 24.5 Å². The van der Waals surface area contributed by atoms with E-state index in [1.807, 2.05) is 23.9 Å². The quantitative estimate of drug-likeness (QED) is 0.553. The number of anilines is 1. The third kappa shape index (κ3) is 4.38. The zero-order valence-corrected chi connectivity index (χ0v) is 19.7. The van der Waals surface area contributed by atoms with Crippen molar-refractivity contribution >= 4 is 34.3 Å². The Labute approximate surface area is 192 Å². The van der Waals surface area contributed by atoms with Gasteiger partial charge in [0.1, 0.15) is 11.4 Å². The topological polar surface area (TPSA) is 75.8 Å². The van der Waals surface area contributed by atoms with Crippen molar-refractivity contribution in [1.29, 1.82) is 0 Å². The molecule has 4 rings (SSSR count). The van der Waals surface area contributed by atoms with E-state index in [2.05, 4.69) is 28.2 Å². The summed E-state index contributed by atoms with van der Waals surface area (Å²) < 4.78 is 16.4. The molecule has 8 heteroatoms. The molecule has 0 bridgehead atoms. The summed E-state index contributed by atoms with van der Waals surface area (Å²) in [5.74, 6) is 3.79. The Morgan fingerprint density at radius 1 is 1.09 bits per heavy atom. The zero-order chi connectivity index (χ0) is 22.7. The van der Waals surface area contributed by atoms with Crippen LogP contribution in [-0.2, 0) is 6.54 Å². The number of aromatic amines is 1. The first kappa shape index (κ1) is 22.4. The fourth-order valence-electron chi connectivity index (χ4n) is 4.04. The van der Waals surface area contributed by atoms with E-state index in [1.165, 1.54) is 17.1 Å². The average molecular weight is 456 g/mol. The van der Waals surface area contributed by atoms with Crippen LogP contribution in [0.15, 0.2) is 30.3 Å². The summed E-state index contributed by atoms with van der Waals surface area (Å²) in [6.45, 7) is 5.16. The van der Waals surface area contributed by atoms with Crippen LogP contribution >= 0.6 is 11.8 Å². The highest BCUT2D eigenvalue weighted by Gasteiger charge is 2.20. The van der Waals surface area contributed by atoms with Crippen LogP contribution in [0.1, 0.15) is 21.6 Å². The van der Waals surface area contributed by atoms with Gasteiger partial charge in [-0.1, -0.05) is 12.1 Å². The molecule has 1 saturated heterocycles. The van der Waals surface area contributed by atoms with E-state index in [4.69, 9.17) is 14.2 Å².